The van der Waals surface area contributed by atoms with E-state index >= 15 is 0 Å². The minimum absolute atomic E-state index is 0.0436. The van der Waals surface area contributed by atoms with E-state index in [1.165, 1.54) is 32.5 Å². The van der Waals surface area contributed by atoms with Gasteiger partial charge in [-0.05, 0) is 24.3 Å². The van der Waals surface area contributed by atoms with Gasteiger partial charge in [0.25, 0.3) is 5.91 Å². The molecule has 3 aromatic rings. The van der Waals surface area contributed by atoms with Crippen LogP contribution in [0.2, 0.25) is 0 Å². The molecule has 0 bridgehead atoms. The molecule has 0 aliphatic heterocycles. The number of benzene rings is 1. The third-order valence-corrected chi connectivity index (χ3v) is 4.08. The van der Waals surface area contributed by atoms with Crippen LogP contribution in [0, 0.1) is 0 Å². The van der Waals surface area contributed by atoms with Crippen LogP contribution in [-0.2, 0) is 12.7 Å². The van der Waals surface area contributed by atoms with Crippen LogP contribution < -0.4 is 14.8 Å². The number of nitrogens with zero attached hydrogens (tertiary/aromatic N) is 3. The topological polar surface area (TPSA) is 78.3 Å². The number of hydrogen-bond acceptors (Lipinski definition) is 5. The molecular formula is C19H17F3N4O3. The number of rotatable bonds is 6. The molecule has 1 N–H and O–H groups in total. The normalized spacial score (nSPS) is 11.2. The first-order chi connectivity index (χ1) is 13.8. The van der Waals surface area contributed by atoms with Crippen molar-refractivity contribution in [2.45, 2.75) is 12.7 Å². The summed E-state index contributed by atoms with van der Waals surface area (Å²) < 4.78 is 51.9. The van der Waals surface area contributed by atoms with Gasteiger partial charge in [-0.1, -0.05) is 6.07 Å². The summed E-state index contributed by atoms with van der Waals surface area (Å²) >= 11 is 0. The molecule has 2 heterocycles. The summed E-state index contributed by atoms with van der Waals surface area (Å²) in [4.78, 5) is 16.4. The summed E-state index contributed by atoms with van der Waals surface area (Å²) in [6.07, 6.45) is -2.59. The molecule has 29 heavy (non-hydrogen) atoms. The SMILES string of the molecule is COc1ccc(CNC(=O)c2cnn(-c3ccccn3)c2C(F)(F)F)c(OC)c1. The van der Waals surface area contributed by atoms with Crippen molar-refractivity contribution in [2.75, 3.05) is 14.2 Å². The monoisotopic (exact) mass is 406 g/mol. The van der Waals surface area contributed by atoms with Gasteiger partial charge in [0.15, 0.2) is 11.5 Å². The zero-order valence-corrected chi connectivity index (χ0v) is 15.5. The quantitative estimate of drug-likeness (QED) is 0.680. The Morgan fingerprint density at radius 1 is 1.17 bits per heavy atom. The second-order valence-electron chi connectivity index (χ2n) is 5.86. The summed E-state index contributed by atoms with van der Waals surface area (Å²) in [6, 6.07) is 9.38. The molecular weight excluding hydrogens is 389 g/mol. The highest BCUT2D eigenvalue weighted by Crippen LogP contribution is 2.33. The average molecular weight is 406 g/mol. The maximum Gasteiger partial charge on any atom is 0.434 e. The molecule has 0 radical (unpaired) electrons. The van der Waals surface area contributed by atoms with Crippen LogP contribution >= 0.6 is 0 Å². The Labute approximate surface area is 164 Å². The molecule has 152 valence electrons. The van der Waals surface area contributed by atoms with E-state index in [0.29, 0.717) is 21.7 Å². The Kier molecular flexibility index (Phi) is 5.71. The van der Waals surface area contributed by atoms with E-state index in [9.17, 15) is 18.0 Å². The highest BCUT2D eigenvalue weighted by atomic mass is 19.4. The van der Waals surface area contributed by atoms with Gasteiger partial charge in [0.05, 0.1) is 26.0 Å². The molecule has 10 heteroatoms. The highest BCUT2D eigenvalue weighted by molar-refractivity contribution is 5.95. The molecule has 0 aliphatic carbocycles. The van der Waals surface area contributed by atoms with E-state index in [2.05, 4.69) is 15.4 Å². The van der Waals surface area contributed by atoms with Crippen molar-refractivity contribution in [3.63, 3.8) is 0 Å². The van der Waals surface area contributed by atoms with Gasteiger partial charge in [-0.3, -0.25) is 4.79 Å². The summed E-state index contributed by atoms with van der Waals surface area (Å²) in [5.74, 6) is 0.0193. The summed E-state index contributed by atoms with van der Waals surface area (Å²) in [7, 11) is 2.94. The van der Waals surface area contributed by atoms with Gasteiger partial charge in [0, 0.05) is 24.4 Å². The van der Waals surface area contributed by atoms with E-state index < -0.39 is 23.3 Å². The van der Waals surface area contributed by atoms with Crippen LogP contribution in [0.1, 0.15) is 21.6 Å². The zero-order valence-electron chi connectivity index (χ0n) is 15.5. The van der Waals surface area contributed by atoms with Crippen molar-refractivity contribution in [3.05, 3.63) is 65.6 Å². The number of amides is 1. The third-order valence-electron chi connectivity index (χ3n) is 4.08. The fourth-order valence-corrected chi connectivity index (χ4v) is 2.71. The van der Waals surface area contributed by atoms with Crippen LogP contribution in [0.3, 0.4) is 0 Å². The first-order valence-corrected chi connectivity index (χ1v) is 8.41. The fraction of sp³-hybridized carbons (Fsp3) is 0.211. The lowest BCUT2D eigenvalue weighted by atomic mass is 10.1. The highest BCUT2D eigenvalue weighted by Gasteiger charge is 2.40. The van der Waals surface area contributed by atoms with Gasteiger partial charge < -0.3 is 14.8 Å². The summed E-state index contributed by atoms with van der Waals surface area (Å²) in [5.41, 5.74) is -1.22. The van der Waals surface area contributed by atoms with E-state index in [0.717, 1.165) is 6.20 Å². The Bertz CT molecular complexity index is 1000. The van der Waals surface area contributed by atoms with Crippen molar-refractivity contribution in [2.24, 2.45) is 0 Å². The van der Waals surface area contributed by atoms with Crippen LogP contribution in [0.5, 0.6) is 11.5 Å². The largest absolute Gasteiger partial charge is 0.497 e. The van der Waals surface area contributed by atoms with Gasteiger partial charge in [-0.2, -0.15) is 18.3 Å². The first kappa shape index (κ1) is 20.2. The van der Waals surface area contributed by atoms with Crippen LogP contribution in [0.25, 0.3) is 5.82 Å². The molecule has 0 unspecified atom stereocenters. The summed E-state index contributed by atoms with van der Waals surface area (Å²) in [6.45, 7) is -0.0436. The molecule has 2 aromatic heterocycles. The molecule has 0 spiro atoms. The van der Waals surface area contributed by atoms with Crippen molar-refractivity contribution in [1.29, 1.82) is 0 Å². The number of halogens is 3. The molecule has 1 aromatic carbocycles. The third kappa shape index (κ3) is 4.31. The van der Waals surface area contributed by atoms with E-state index in [-0.39, 0.29) is 12.4 Å². The van der Waals surface area contributed by atoms with Gasteiger partial charge in [-0.25, -0.2) is 9.67 Å². The van der Waals surface area contributed by atoms with Gasteiger partial charge in [0.1, 0.15) is 11.5 Å². The minimum atomic E-state index is -4.81. The molecule has 0 aliphatic rings. The minimum Gasteiger partial charge on any atom is -0.497 e. The van der Waals surface area contributed by atoms with Crippen LogP contribution in [-0.4, -0.2) is 34.9 Å². The molecule has 0 saturated heterocycles. The van der Waals surface area contributed by atoms with Gasteiger partial charge in [-0.15, -0.1) is 0 Å². The van der Waals surface area contributed by atoms with E-state index in [1.807, 2.05) is 0 Å². The number of methoxy groups -OCH3 is 2. The van der Waals surface area contributed by atoms with Crippen LogP contribution in [0.4, 0.5) is 13.2 Å². The number of carbonyl (C=O) groups excluding carboxylic acids is 1. The number of aromatic nitrogens is 3. The standard InChI is InChI=1S/C19H17F3N4O3/c1-28-13-7-6-12(15(9-13)29-2)10-24-18(27)14-11-25-26(17(14)19(20,21)22)16-5-3-4-8-23-16/h3-9,11H,10H2,1-2H3,(H,24,27). The average Bonchev–Trinajstić information content (AvgIpc) is 3.18. The maximum atomic E-state index is 13.7. The number of alkyl halides is 3. The lowest BCUT2D eigenvalue weighted by molar-refractivity contribution is -0.143. The van der Waals surface area contributed by atoms with Crippen LogP contribution in [0.15, 0.2) is 48.8 Å². The molecule has 3 rings (SSSR count). The first-order valence-electron chi connectivity index (χ1n) is 8.41. The lowest BCUT2D eigenvalue weighted by Gasteiger charge is -2.13. The maximum absolute atomic E-state index is 13.7. The number of carbonyl (C=O) groups is 1. The smallest absolute Gasteiger partial charge is 0.434 e. The molecule has 0 atom stereocenters. The zero-order chi connectivity index (χ0) is 21.0. The van der Waals surface area contributed by atoms with E-state index in [4.69, 9.17) is 9.47 Å². The second-order valence-corrected chi connectivity index (χ2v) is 5.86. The number of pyridine rings is 1. The number of hydrogen-bond donors (Lipinski definition) is 1. The Morgan fingerprint density at radius 2 is 1.97 bits per heavy atom. The number of ether oxygens (including phenoxy) is 2. The number of nitrogens with one attached hydrogen (secondary N) is 1. The predicted molar refractivity (Wildman–Crippen MR) is 97.1 cm³/mol. The predicted octanol–water partition coefficient (Wildman–Crippen LogP) is 3.23. The van der Waals surface area contributed by atoms with Crippen molar-refractivity contribution in [3.8, 4) is 17.3 Å². The fourth-order valence-electron chi connectivity index (χ4n) is 2.71. The molecule has 0 saturated carbocycles. The second kappa shape index (κ2) is 8.21. The molecule has 0 fully saturated rings. The van der Waals surface area contributed by atoms with E-state index in [1.54, 1.807) is 24.3 Å². The Morgan fingerprint density at radius 3 is 2.59 bits per heavy atom. The van der Waals surface area contributed by atoms with Crippen molar-refractivity contribution < 1.29 is 27.4 Å². The molecule has 1 amide bonds. The molecule has 7 nitrogen and oxygen atoms in total. The van der Waals surface area contributed by atoms with Crippen molar-refractivity contribution in [1.82, 2.24) is 20.1 Å². The summed E-state index contributed by atoms with van der Waals surface area (Å²) in [5, 5.41) is 6.19. The lowest BCUT2D eigenvalue weighted by Crippen LogP contribution is -2.26. The Balaban J connectivity index is 1.88. The Hall–Kier alpha value is -3.56. The van der Waals surface area contributed by atoms with Gasteiger partial charge in [0.2, 0.25) is 0 Å². The van der Waals surface area contributed by atoms with Gasteiger partial charge >= 0.3 is 6.18 Å². The van der Waals surface area contributed by atoms with Crippen molar-refractivity contribution >= 4 is 5.91 Å².